The van der Waals surface area contributed by atoms with E-state index in [1.54, 1.807) is 0 Å². The van der Waals surface area contributed by atoms with Crippen LogP contribution in [0.15, 0.2) is 34.8 Å². The zero-order valence-electron chi connectivity index (χ0n) is 8.04. The van der Waals surface area contributed by atoms with Crippen molar-refractivity contribution in [2.75, 3.05) is 0 Å². The van der Waals surface area contributed by atoms with Crippen LogP contribution in [-0.4, -0.2) is 9.97 Å². The average molecular weight is 284 g/mol. The van der Waals surface area contributed by atoms with Crippen LogP contribution in [0.4, 0.5) is 0 Å². The van der Waals surface area contributed by atoms with Gasteiger partial charge in [0.05, 0.1) is 5.69 Å². The standard InChI is InChI=1S/C11H8BrClN2/c1-7-6-10(15-11(13)14-7)8-4-2-3-5-9(8)12/h2-6H,1H3. The second-order valence-corrected chi connectivity index (χ2v) is 4.34. The van der Waals surface area contributed by atoms with Crippen molar-refractivity contribution in [3.8, 4) is 11.3 Å². The lowest BCUT2D eigenvalue weighted by atomic mass is 10.1. The van der Waals surface area contributed by atoms with Crippen molar-refractivity contribution in [1.29, 1.82) is 0 Å². The van der Waals surface area contributed by atoms with Crippen LogP contribution < -0.4 is 0 Å². The summed E-state index contributed by atoms with van der Waals surface area (Å²) in [6.07, 6.45) is 0. The van der Waals surface area contributed by atoms with E-state index in [0.717, 1.165) is 21.4 Å². The van der Waals surface area contributed by atoms with E-state index in [1.807, 2.05) is 37.3 Å². The third-order valence-electron chi connectivity index (χ3n) is 1.98. The van der Waals surface area contributed by atoms with Gasteiger partial charge in [0, 0.05) is 15.7 Å². The maximum Gasteiger partial charge on any atom is 0.223 e. The topological polar surface area (TPSA) is 25.8 Å². The summed E-state index contributed by atoms with van der Waals surface area (Å²) in [6, 6.07) is 9.80. The van der Waals surface area contributed by atoms with Gasteiger partial charge in [-0.2, -0.15) is 0 Å². The number of nitrogens with zero attached hydrogens (tertiary/aromatic N) is 2. The Morgan fingerprint density at radius 1 is 1.20 bits per heavy atom. The van der Waals surface area contributed by atoms with Crippen LogP contribution in [0.5, 0.6) is 0 Å². The second kappa shape index (κ2) is 4.29. The minimum Gasteiger partial charge on any atom is -0.223 e. The van der Waals surface area contributed by atoms with Crippen LogP contribution in [0.3, 0.4) is 0 Å². The number of benzene rings is 1. The van der Waals surface area contributed by atoms with E-state index in [1.165, 1.54) is 0 Å². The summed E-state index contributed by atoms with van der Waals surface area (Å²) >= 11 is 9.29. The fourth-order valence-electron chi connectivity index (χ4n) is 1.34. The Morgan fingerprint density at radius 2 is 1.93 bits per heavy atom. The van der Waals surface area contributed by atoms with Gasteiger partial charge in [-0.25, -0.2) is 9.97 Å². The van der Waals surface area contributed by atoms with Crippen LogP contribution >= 0.6 is 27.5 Å². The highest BCUT2D eigenvalue weighted by Crippen LogP contribution is 2.27. The molecule has 1 aromatic carbocycles. The molecule has 0 saturated carbocycles. The van der Waals surface area contributed by atoms with E-state index in [9.17, 15) is 0 Å². The molecule has 0 N–H and O–H groups in total. The van der Waals surface area contributed by atoms with Gasteiger partial charge >= 0.3 is 0 Å². The van der Waals surface area contributed by atoms with E-state index in [-0.39, 0.29) is 5.28 Å². The predicted octanol–water partition coefficient (Wildman–Crippen LogP) is 3.87. The number of halogens is 2. The smallest absolute Gasteiger partial charge is 0.223 e. The fraction of sp³-hybridized carbons (Fsp3) is 0.0909. The molecular weight excluding hydrogens is 275 g/mol. The molecule has 0 aliphatic carbocycles. The van der Waals surface area contributed by atoms with Crippen molar-refractivity contribution in [2.24, 2.45) is 0 Å². The molecule has 2 nitrogen and oxygen atoms in total. The first-order valence-corrected chi connectivity index (χ1v) is 5.60. The van der Waals surface area contributed by atoms with E-state index in [0.29, 0.717) is 0 Å². The SMILES string of the molecule is Cc1cc(-c2ccccc2Br)nc(Cl)n1. The molecule has 1 aromatic heterocycles. The Bertz CT molecular complexity index is 479. The van der Waals surface area contributed by atoms with Crippen LogP contribution in [0.2, 0.25) is 5.28 Å². The molecule has 2 rings (SSSR count). The van der Waals surface area contributed by atoms with Crippen LogP contribution in [0.25, 0.3) is 11.3 Å². The summed E-state index contributed by atoms with van der Waals surface area (Å²) in [5.41, 5.74) is 2.71. The number of aromatic nitrogens is 2. The van der Waals surface area contributed by atoms with E-state index in [2.05, 4.69) is 25.9 Å². The molecular formula is C11H8BrClN2. The van der Waals surface area contributed by atoms with Gasteiger partial charge in [0.1, 0.15) is 0 Å². The zero-order chi connectivity index (χ0) is 10.8. The van der Waals surface area contributed by atoms with Crippen molar-refractivity contribution in [2.45, 2.75) is 6.92 Å². The van der Waals surface area contributed by atoms with Gasteiger partial charge < -0.3 is 0 Å². The molecule has 0 aliphatic rings. The minimum atomic E-state index is 0.278. The predicted molar refractivity (Wildman–Crippen MR) is 64.9 cm³/mol. The Balaban J connectivity index is 2.59. The van der Waals surface area contributed by atoms with Crippen LogP contribution in [-0.2, 0) is 0 Å². The molecule has 0 unspecified atom stereocenters. The Labute approximate surface area is 101 Å². The molecule has 0 atom stereocenters. The Kier molecular flexibility index (Phi) is 3.03. The van der Waals surface area contributed by atoms with Crippen molar-refractivity contribution < 1.29 is 0 Å². The lowest BCUT2D eigenvalue weighted by Gasteiger charge is -2.04. The van der Waals surface area contributed by atoms with Crippen molar-refractivity contribution in [1.82, 2.24) is 9.97 Å². The molecule has 0 saturated heterocycles. The zero-order valence-corrected chi connectivity index (χ0v) is 10.4. The minimum absolute atomic E-state index is 0.278. The van der Waals surface area contributed by atoms with Gasteiger partial charge in [0.15, 0.2) is 0 Å². The van der Waals surface area contributed by atoms with Gasteiger partial charge in [0.25, 0.3) is 0 Å². The van der Waals surface area contributed by atoms with E-state index in [4.69, 9.17) is 11.6 Å². The highest BCUT2D eigenvalue weighted by atomic mass is 79.9. The van der Waals surface area contributed by atoms with Gasteiger partial charge in [-0.15, -0.1) is 0 Å². The second-order valence-electron chi connectivity index (χ2n) is 3.14. The van der Waals surface area contributed by atoms with Crippen molar-refractivity contribution in [3.63, 3.8) is 0 Å². The first-order valence-electron chi connectivity index (χ1n) is 4.43. The average Bonchev–Trinajstić information content (AvgIpc) is 2.16. The summed E-state index contributed by atoms with van der Waals surface area (Å²) < 4.78 is 0.999. The monoisotopic (exact) mass is 282 g/mol. The molecule has 2 aromatic rings. The van der Waals surface area contributed by atoms with Gasteiger partial charge in [-0.05, 0) is 30.7 Å². The molecule has 4 heteroatoms. The normalized spacial score (nSPS) is 10.3. The van der Waals surface area contributed by atoms with E-state index >= 15 is 0 Å². The largest absolute Gasteiger partial charge is 0.223 e. The lowest BCUT2D eigenvalue weighted by Crippen LogP contribution is -1.91. The highest BCUT2D eigenvalue weighted by Gasteiger charge is 2.05. The fourth-order valence-corrected chi connectivity index (χ4v) is 2.05. The first kappa shape index (κ1) is 10.6. The summed E-state index contributed by atoms with van der Waals surface area (Å²) in [5.74, 6) is 0. The molecule has 0 bridgehead atoms. The Morgan fingerprint density at radius 3 is 2.60 bits per heavy atom. The number of hydrogen-bond donors (Lipinski definition) is 0. The van der Waals surface area contributed by atoms with E-state index < -0.39 is 0 Å². The van der Waals surface area contributed by atoms with Crippen molar-refractivity contribution in [3.05, 3.63) is 45.8 Å². The number of rotatable bonds is 1. The highest BCUT2D eigenvalue weighted by molar-refractivity contribution is 9.10. The maximum atomic E-state index is 5.81. The number of aryl methyl sites for hydroxylation is 1. The molecule has 76 valence electrons. The lowest BCUT2D eigenvalue weighted by molar-refractivity contribution is 1.11. The molecule has 0 fully saturated rings. The summed E-state index contributed by atoms with van der Waals surface area (Å²) in [5, 5.41) is 0.278. The van der Waals surface area contributed by atoms with Gasteiger partial charge in [-0.3, -0.25) is 0 Å². The van der Waals surface area contributed by atoms with Gasteiger partial charge in [0.2, 0.25) is 5.28 Å². The quantitative estimate of drug-likeness (QED) is 0.743. The molecule has 0 amide bonds. The first-order chi connectivity index (χ1) is 7.16. The van der Waals surface area contributed by atoms with Gasteiger partial charge in [-0.1, -0.05) is 34.1 Å². The van der Waals surface area contributed by atoms with Crippen LogP contribution in [0.1, 0.15) is 5.69 Å². The Hall–Kier alpha value is -0.930. The third kappa shape index (κ3) is 2.36. The molecule has 1 heterocycles. The summed E-state index contributed by atoms with van der Waals surface area (Å²) in [4.78, 5) is 8.22. The molecule has 0 aliphatic heterocycles. The summed E-state index contributed by atoms with van der Waals surface area (Å²) in [7, 11) is 0. The molecule has 15 heavy (non-hydrogen) atoms. The molecule has 0 spiro atoms. The number of hydrogen-bond acceptors (Lipinski definition) is 2. The maximum absolute atomic E-state index is 5.81. The molecule has 0 radical (unpaired) electrons. The summed E-state index contributed by atoms with van der Waals surface area (Å²) in [6.45, 7) is 1.90. The third-order valence-corrected chi connectivity index (χ3v) is 2.84. The van der Waals surface area contributed by atoms with Crippen molar-refractivity contribution >= 4 is 27.5 Å². The van der Waals surface area contributed by atoms with Crippen LogP contribution in [0, 0.1) is 6.92 Å².